The van der Waals surface area contributed by atoms with Crippen molar-refractivity contribution in [3.8, 4) is 11.6 Å². The van der Waals surface area contributed by atoms with Crippen LogP contribution < -0.4 is 10.1 Å². The van der Waals surface area contributed by atoms with Crippen molar-refractivity contribution in [2.24, 2.45) is 0 Å². The van der Waals surface area contributed by atoms with Crippen molar-refractivity contribution >= 4 is 39.4 Å². The van der Waals surface area contributed by atoms with Gasteiger partial charge in [-0.3, -0.25) is 15.4 Å². The van der Waals surface area contributed by atoms with Crippen LogP contribution in [0.1, 0.15) is 11.3 Å². The number of nitro benzene ring substituents is 1. The summed E-state index contributed by atoms with van der Waals surface area (Å²) in [6.45, 7) is 3.52. The monoisotopic (exact) mass is 392 g/mol. The molecule has 2 heterocycles. The third-order valence-corrected chi connectivity index (χ3v) is 4.48. The normalized spacial score (nSPS) is 11.0. The third-order valence-electron chi connectivity index (χ3n) is 4.48. The maximum Gasteiger partial charge on any atom is 0.270 e. The van der Waals surface area contributed by atoms with Crippen molar-refractivity contribution in [3.05, 3.63) is 51.7 Å². The molecule has 29 heavy (non-hydrogen) atoms. The van der Waals surface area contributed by atoms with Crippen LogP contribution in [0.3, 0.4) is 0 Å². The van der Waals surface area contributed by atoms with Crippen molar-refractivity contribution in [1.82, 2.24) is 19.9 Å². The average molecular weight is 392 g/mol. The van der Waals surface area contributed by atoms with E-state index in [0.29, 0.717) is 22.3 Å². The van der Waals surface area contributed by atoms with E-state index in [1.807, 2.05) is 19.1 Å². The maximum absolute atomic E-state index is 11.0. The molecule has 0 aliphatic rings. The van der Waals surface area contributed by atoms with E-state index in [4.69, 9.17) is 4.74 Å². The molecule has 0 amide bonds. The minimum Gasteiger partial charge on any atom is -0.497 e. The summed E-state index contributed by atoms with van der Waals surface area (Å²) in [6, 6.07) is 8.10. The van der Waals surface area contributed by atoms with Crippen LogP contribution in [0.5, 0.6) is 11.6 Å². The number of fused-ring (bicyclic) bond motifs is 2. The lowest BCUT2D eigenvalue weighted by Crippen LogP contribution is -2.04. The van der Waals surface area contributed by atoms with Gasteiger partial charge in [0.25, 0.3) is 5.69 Å². The van der Waals surface area contributed by atoms with Gasteiger partial charge in [-0.1, -0.05) is 0 Å². The first-order valence-electron chi connectivity index (χ1n) is 8.61. The van der Waals surface area contributed by atoms with Crippen LogP contribution in [0, 0.1) is 24.0 Å². The van der Waals surface area contributed by atoms with Gasteiger partial charge in [-0.05, 0) is 37.6 Å². The number of methoxy groups -OCH3 is 1. The zero-order valence-electron chi connectivity index (χ0n) is 15.8. The van der Waals surface area contributed by atoms with E-state index in [-0.39, 0.29) is 28.9 Å². The number of rotatable bonds is 4. The summed E-state index contributed by atoms with van der Waals surface area (Å²) in [5.74, 6) is 0.682. The first-order valence-corrected chi connectivity index (χ1v) is 8.61. The number of nitrogens with zero attached hydrogens (tertiary/aromatic N) is 5. The summed E-state index contributed by atoms with van der Waals surface area (Å²) in [7, 11) is 1.59. The van der Waals surface area contributed by atoms with Crippen LogP contribution in [0.2, 0.25) is 0 Å². The van der Waals surface area contributed by atoms with Gasteiger partial charge in [-0.2, -0.15) is 4.98 Å². The molecule has 2 N–H and O–H groups in total. The van der Waals surface area contributed by atoms with Gasteiger partial charge in [-0.15, -0.1) is 0 Å². The zero-order valence-corrected chi connectivity index (χ0v) is 15.8. The molecule has 146 valence electrons. The molecule has 0 saturated carbocycles. The SMILES string of the molecule is COc1ccc2nc(Nc3nc(O)c4cc([N+](=O)[O-])cc(C)c4n3)nc(C)c2c1. The van der Waals surface area contributed by atoms with E-state index in [0.717, 1.165) is 11.1 Å². The minimum absolute atomic E-state index is 0.0826. The number of hydrogen-bond acceptors (Lipinski definition) is 9. The lowest BCUT2D eigenvalue weighted by atomic mass is 10.1. The Bertz CT molecular complexity index is 1290. The number of hydrogen-bond donors (Lipinski definition) is 2. The fraction of sp³-hybridized carbons (Fsp3) is 0.158. The second-order valence-electron chi connectivity index (χ2n) is 6.43. The van der Waals surface area contributed by atoms with Crippen molar-refractivity contribution in [2.45, 2.75) is 13.8 Å². The fourth-order valence-corrected chi connectivity index (χ4v) is 3.08. The van der Waals surface area contributed by atoms with Crippen LogP contribution >= 0.6 is 0 Å². The highest BCUT2D eigenvalue weighted by atomic mass is 16.6. The fourth-order valence-electron chi connectivity index (χ4n) is 3.08. The molecule has 0 spiro atoms. The molecule has 10 heteroatoms. The Balaban J connectivity index is 1.77. The quantitative estimate of drug-likeness (QED) is 0.394. The first kappa shape index (κ1) is 18.3. The molecule has 2 aromatic heterocycles. The van der Waals surface area contributed by atoms with Gasteiger partial charge in [0.15, 0.2) is 0 Å². The summed E-state index contributed by atoms with van der Waals surface area (Å²) in [6.07, 6.45) is 0. The van der Waals surface area contributed by atoms with Crippen LogP contribution in [-0.2, 0) is 0 Å². The molecule has 0 aliphatic heterocycles. The first-order chi connectivity index (χ1) is 13.9. The van der Waals surface area contributed by atoms with Gasteiger partial charge in [-0.25, -0.2) is 15.0 Å². The maximum atomic E-state index is 11.0. The Morgan fingerprint density at radius 3 is 2.52 bits per heavy atom. The van der Waals surface area contributed by atoms with Gasteiger partial charge in [0.1, 0.15) is 5.75 Å². The van der Waals surface area contributed by atoms with Gasteiger partial charge in [0, 0.05) is 17.5 Å². The largest absolute Gasteiger partial charge is 0.497 e. The van der Waals surface area contributed by atoms with Crippen molar-refractivity contribution in [2.75, 3.05) is 12.4 Å². The number of ether oxygens (including phenoxy) is 1. The standard InChI is InChI=1S/C19H16N6O4/c1-9-6-11(25(27)28)7-14-16(9)22-19(23-17(14)26)24-18-20-10(2)13-8-12(29-3)4-5-15(13)21-18/h4-8H,1-3H3,(H2,20,21,22,23,24,26). The molecule has 4 aromatic rings. The summed E-state index contributed by atoms with van der Waals surface area (Å²) < 4.78 is 5.23. The molecule has 0 fully saturated rings. The lowest BCUT2D eigenvalue weighted by molar-refractivity contribution is -0.384. The van der Waals surface area contributed by atoms with Gasteiger partial charge in [0.2, 0.25) is 17.8 Å². The van der Waals surface area contributed by atoms with E-state index in [2.05, 4.69) is 25.3 Å². The van der Waals surface area contributed by atoms with Crippen LogP contribution in [0.4, 0.5) is 17.6 Å². The lowest BCUT2D eigenvalue weighted by Gasteiger charge is -2.10. The Morgan fingerprint density at radius 1 is 1.03 bits per heavy atom. The number of aromatic nitrogens is 4. The average Bonchev–Trinajstić information content (AvgIpc) is 2.68. The van der Waals surface area contributed by atoms with Crippen LogP contribution in [0.15, 0.2) is 30.3 Å². The highest BCUT2D eigenvalue weighted by Gasteiger charge is 2.16. The summed E-state index contributed by atoms with van der Waals surface area (Å²) in [5.41, 5.74) is 2.23. The van der Waals surface area contributed by atoms with Gasteiger partial charge < -0.3 is 9.84 Å². The number of non-ortho nitro benzene ring substituents is 1. The van der Waals surface area contributed by atoms with E-state index in [1.165, 1.54) is 12.1 Å². The van der Waals surface area contributed by atoms with Gasteiger partial charge >= 0.3 is 0 Å². The van der Waals surface area contributed by atoms with Crippen LogP contribution in [0.25, 0.3) is 21.8 Å². The summed E-state index contributed by atoms with van der Waals surface area (Å²) in [4.78, 5) is 27.7. The molecule has 0 bridgehead atoms. The Labute approximate surface area is 164 Å². The number of nitro groups is 1. The van der Waals surface area contributed by atoms with E-state index >= 15 is 0 Å². The smallest absolute Gasteiger partial charge is 0.270 e. The van der Waals surface area contributed by atoms with Crippen molar-refractivity contribution in [1.29, 1.82) is 0 Å². The molecule has 2 aromatic carbocycles. The van der Waals surface area contributed by atoms with Crippen LogP contribution in [-0.4, -0.2) is 37.1 Å². The Kier molecular flexibility index (Phi) is 4.30. The predicted molar refractivity (Wildman–Crippen MR) is 107 cm³/mol. The molecule has 0 aliphatic carbocycles. The molecule has 10 nitrogen and oxygen atoms in total. The molecular weight excluding hydrogens is 376 g/mol. The number of aromatic hydroxyl groups is 1. The Morgan fingerprint density at radius 2 is 1.79 bits per heavy atom. The number of nitrogens with one attached hydrogen (secondary N) is 1. The Hall–Kier alpha value is -4.08. The second kappa shape index (κ2) is 6.82. The molecule has 0 radical (unpaired) electrons. The number of benzene rings is 2. The number of anilines is 2. The predicted octanol–water partition coefficient (Wildman–Crippen LogP) is 3.56. The number of aryl methyl sites for hydroxylation is 2. The highest BCUT2D eigenvalue weighted by Crippen LogP contribution is 2.30. The third kappa shape index (κ3) is 3.31. The molecule has 0 saturated heterocycles. The van der Waals surface area contributed by atoms with E-state index in [1.54, 1.807) is 20.1 Å². The van der Waals surface area contributed by atoms with Crippen molar-refractivity contribution in [3.63, 3.8) is 0 Å². The van der Waals surface area contributed by atoms with E-state index in [9.17, 15) is 15.2 Å². The topological polar surface area (TPSA) is 136 Å². The van der Waals surface area contributed by atoms with E-state index < -0.39 is 4.92 Å². The molecular formula is C19H16N6O4. The summed E-state index contributed by atoms with van der Waals surface area (Å²) in [5, 5.41) is 25.3. The summed E-state index contributed by atoms with van der Waals surface area (Å²) >= 11 is 0. The molecule has 0 atom stereocenters. The van der Waals surface area contributed by atoms with Crippen molar-refractivity contribution < 1.29 is 14.8 Å². The molecule has 0 unspecified atom stereocenters. The molecule has 4 rings (SSSR count). The highest BCUT2D eigenvalue weighted by molar-refractivity contribution is 5.89. The minimum atomic E-state index is -0.529. The zero-order chi connectivity index (χ0) is 20.7. The second-order valence-corrected chi connectivity index (χ2v) is 6.43. The van der Waals surface area contributed by atoms with Gasteiger partial charge in [0.05, 0.1) is 34.1 Å².